The van der Waals surface area contributed by atoms with Crippen LogP contribution < -0.4 is 14.3 Å². The van der Waals surface area contributed by atoms with Gasteiger partial charge in [0.05, 0.1) is 22.5 Å². The van der Waals surface area contributed by atoms with Crippen LogP contribution in [0.15, 0.2) is 81.5 Å². The standard InChI is InChI=1S/C21H15N3O2S2/c1-2-5-16(6-3-1)23-21-24(17(13-28-21)20-7-4-10-27-20)22-12-15-8-9-18-19(11-15)26-14-25-18/h1-13H,14H2. The number of hydrogen-bond acceptors (Lipinski definition) is 6. The monoisotopic (exact) mass is 405 g/mol. The van der Waals surface area contributed by atoms with Gasteiger partial charge in [0, 0.05) is 5.38 Å². The van der Waals surface area contributed by atoms with Crippen molar-refractivity contribution in [3.8, 4) is 22.1 Å². The second-order valence-electron chi connectivity index (χ2n) is 6.00. The van der Waals surface area contributed by atoms with Crippen LogP contribution in [0.3, 0.4) is 0 Å². The summed E-state index contributed by atoms with van der Waals surface area (Å²) in [6.07, 6.45) is 1.82. The van der Waals surface area contributed by atoms with Crippen molar-refractivity contribution in [1.29, 1.82) is 0 Å². The van der Waals surface area contributed by atoms with Crippen LogP contribution in [0.1, 0.15) is 5.56 Å². The molecule has 0 bridgehead atoms. The van der Waals surface area contributed by atoms with Gasteiger partial charge in [0.2, 0.25) is 11.6 Å². The molecular formula is C21H15N3O2S2. The Kier molecular flexibility index (Phi) is 4.52. The van der Waals surface area contributed by atoms with Crippen LogP contribution in [-0.2, 0) is 0 Å². The van der Waals surface area contributed by atoms with E-state index in [-0.39, 0.29) is 6.79 Å². The largest absolute Gasteiger partial charge is 0.454 e. The van der Waals surface area contributed by atoms with E-state index in [2.05, 4.69) is 16.8 Å². The van der Waals surface area contributed by atoms with E-state index in [0.717, 1.165) is 38.1 Å². The first-order valence-corrected chi connectivity index (χ1v) is 10.4. The van der Waals surface area contributed by atoms with E-state index in [9.17, 15) is 0 Å². The topological polar surface area (TPSA) is 48.1 Å². The average molecular weight is 406 g/mol. The predicted molar refractivity (Wildman–Crippen MR) is 113 cm³/mol. The molecule has 28 heavy (non-hydrogen) atoms. The molecule has 2 aromatic heterocycles. The Labute approximate surface area is 169 Å². The van der Waals surface area contributed by atoms with E-state index in [0.29, 0.717) is 0 Å². The minimum Gasteiger partial charge on any atom is -0.454 e. The summed E-state index contributed by atoms with van der Waals surface area (Å²) in [6, 6.07) is 19.8. The number of fused-ring (bicyclic) bond motifs is 1. The van der Waals surface area contributed by atoms with Gasteiger partial charge in [-0.25, -0.2) is 9.67 Å². The maximum atomic E-state index is 5.46. The number of benzene rings is 2. The highest BCUT2D eigenvalue weighted by atomic mass is 32.1. The zero-order chi connectivity index (χ0) is 18.8. The molecule has 0 amide bonds. The molecular weight excluding hydrogens is 390 g/mol. The normalized spacial score (nSPS) is 13.5. The molecule has 138 valence electrons. The van der Waals surface area contributed by atoms with Gasteiger partial charge in [-0.2, -0.15) is 5.10 Å². The molecule has 2 aromatic carbocycles. The number of thiophene rings is 1. The molecule has 0 fully saturated rings. The fraction of sp³-hybridized carbons (Fsp3) is 0.0476. The minimum absolute atomic E-state index is 0.262. The van der Waals surface area contributed by atoms with E-state index >= 15 is 0 Å². The molecule has 0 atom stereocenters. The van der Waals surface area contributed by atoms with Crippen LogP contribution in [0.25, 0.3) is 10.6 Å². The van der Waals surface area contributed by atoms with Crippen molar-refractivity contribution in [2.45, 2.75) is 0 Å². The van der Waals surface area contributed by atoms with Gasteiger partial charge in [-0.05, 0) is 47.3 Å². The van der Waals surface area contributed by atoms with Crippen molar-refractivity contribution >= 4 is 34.6 Å². The first-order chi connectivity index (χ1) is 13.9. The Balaban J connectivity index is 1.58. The van der Waals surface area contributed by atoms with Crippen molar-refractivity contribution in [1.82, 2.24) is 4.68 Å². The van der Waals surface area contributed by atoms with Crippen LogP contribution in [0, 0.1) is 0 Å². The highest BCUT2D eigenvalue weighted by Gasteiger charge is 2.13. The average Bonchev–Trinajstić information content (AvgIpc) is 3.47. The molecule has 1 aliphatic rings. The predicted octanol–water partition coefficient (Wildman–Crippen LogP) is 5.12. The van der Waals surface area contributed by atoms with Crippen LogP contribution >= 0.6 is 22.7 Å². The SMILES string of the molecule is C(=Nn1c(-c2cccs2)csc1=Nc1ccccc1)c1ccc2c(c1)OCO2. The summed E-state index contributed by atoms with van der Waals surface area (Å²) in [5.74, 6) is 1.51. The third-order valence-corrected chi connectivity index (χ3v) is 5.87. The highest BCUT2D eigenvalue weighted by Crippen LogP contribution is 2.32. The van der Waals surface area contributed by atoms with Gasteiger partial charge in [0.25, 0.3) is 0 Å². The summed E-state index contributed by atoms with van der Waals surface area (Å²) in [5, 5.41) is 8.88. The summed E-state index contributed by atoms with van der Waals surface area (Å²) in [7, 11) is 0. The summed E-state index contributed by atoms with van der Waals surface area (Å²) in [5.41, 5.74) is 2.85. The second-order valence-corrected chi connectivity index (χ2v) is 7.78. The van der Waals surface area contributed by atoms with Crippen LogP contribution in [0.5, 0.6) is 11.5 Å². The van der Waals surface area contributed by atoms with Gasteiger partial charge >= 0.3 is 0 Å². The zero-order valence-electron chi connectivity index (χ0n) is 14.7. The number of para-hydroxylation sites is 1. The van der Waals surface area contributed by atoms with E-state index in [4.69, 9.17) is 19.6 Å². The van der Waals surface area contributed by atoms with Gasteiger partial charge in [-0.3, -0.25) is 0 Å². The fourth-order valence-electron chi connectivity index (χ4n) is 2.81. The van der Waals surface area contributed by atoms with Crippen molar-refractivity contribution < 1.29 is 9.47 Å². The van der Waals surface area contributed by atoms with Gasteiger partial charge in [0.1, 0.15) is 0 Å². The van der Waals surface area contributed by atoms with Crippen LogP contribution in [0.2, 0.25) is 0 Å². The Morgan fingerprint density at radius 3 is 2.68 bits per heavy atom. The van der Waals surface area contributed by atoms with Crippen molar-refractivity contribution in [2.24, 2.45) is 10.1 Å². The minimum atomic E-state index is 0.262. The zero-order valence-corrected chi connectivity index (χ0v) is 16.3. The Bertz CT molecular complexity index is 1190. The lowest BCUT2D eigenvalue weighted by molar-refractivity contribution is 0.174. The van der Waals surface area contributed by atoms with Gasteiger partial charge in [0.15, 0.2) is 11.5 Å². The Morgan fingerprint density at radius 1 is 0.929 bits per heavy atom. The number of thiazole rings is 1. The molecule has 0 spiro atoms. The van der Waals surface area contributed by atoms with Crippen molar-refractivity contribution in [2.75, 3.05) is 6.79 Å². The van der Waals surface area contributed by atoms with E-state index in [1.807, 2.05) is 65.5 Å². The molecule has 0 unspecified atom stereocenters. The molecule has 5 nitrogen and oxygen atoms in total. The third-order valence-electron chi connectivity index (χ3n) is 4.16. The van der Waals surface area contributed by atoms with Crippen LogP contribution in [-0.4, -0.2) is 17.7 Å². The fourth-order valence-corrected chi connectivity index (χ4v) is 4.46. The molecule has 0 saturated carbocycles. The lowest BCUT2D eigenvalue weighted by Crippen LogP contribution is -2.11. The summed E-state index contributed by atoms with van der Waals surface area (Å²) >= 11 is 3.25. The van der Waals surface area contributed by atoms with E-state index in [1.165, 1.54) is 0 Å². The number of nitrogens with zero attached hydrogens (tertiary/aromatic N) is 3. The lowest BCUT2D eigenvalue weighted by atomic mass is 10.2. The van der Waals surface area contributed by atoms with Crippen LogP contribution in [0.4, 0.5) is 5.69 Å². The van der Waals surface area contributed by atoms with E-state index in [1.54, 1.807) is 22.7 Å². The molecule has 0 N–H and O–H groups in total. The molecule has 1 aliphatic heterocycles. The molecule has 4 aromatic rings. The molecule has 0 radical (unpaired) electrons. The van der Waals surface area contributed by atoms with Gasteiger partial charge < -0.3 is 9.47 Å². The number of hydrogen-bond donors (Lipinski definition) is 0. The molecule has 0 saturated heterocycles. The first kappa shape index (κ1) is 17.0. The second kappa shape index (κ2) is 7.46. The van der Waals surface area contributed by atoms with Crippen molar-refractivity contribution in [3.05, 3.63) is 81.8 Å². The molecule has 7 heteroatoms. The number of rotatable bonds is 4. The molecule has 3 heterocycles. The maximum Gasteiger partial charge on any atom is 0.231 e. The molecule has 5 rings (SSSR count). The van der Waals surface area contributed by atoms with E-state index < -0.39 is 0 Å². The third kappa shape index (κ3) is 3.37. The van der Waals surface area contributed by atoms with Gasteiger partial charge in [-0.15, -0.1) is 22.7 Å². The van der Waals surface area contributed by atoms with Crippen molar-refractivity contribution in [3.63, 3.8) is 0 Å². The summed E-state index contributed by atoms with van der Waals surface area (Å²) in [4.78, 5) is 6.73. The lowest BCUT2D eigenvalue weighted by Gasteiger charge is -2.02. The quantitative estimate of drug-likeness (QED) is 0.442. The summed E-state index contributed by atoms with van der Waals surface area (Å²) < 4.78 is 12.7. The number of ether oxygens (including phenoxy) is 2. The highest BCUT2D eigenvalue weighted by molar-refractivity contribution is 7.14. The Hall–Kier alpha value is -3.16. The smallest absolute Gasteiger partial charge is 0.231 e. The summed E-state index contributed by atoms with van der Waals surface area (Å²) in [6.45, 7) is 0.262. The van der Waals surface area contributed by atoms with Gasteiger partial charge in [-0.1, -0.05) is 24.3 Å². The molecule has 0 aliphatic carbocycles. The Morgan fingerprint density at radius 2 is 1.82 bits per heavy atom. The number of aromatic nitrogens is 1. The first-order valence-electron chi connectivity index (χ1n) is 8.65. The maximum absolute atomic E-state index is 5.46.